The van der Waals surface area contributed by atoms with Gasteiger partial charge in [0.2, 0.25) is 0 Å². The molecule has 1 aromatic carbocycles. The maximum atomic E-state index is 10.4. The van der Waals surface area contributed by atoms with E-state index < -0.39 is 0 Å². The molecule has 0 aromatic heterocycles. The van der Waals surface area contributed by atoms with Gasteiger partial charge in [0.25, 0.3) is 0 Å². The Morgan fingerprint density at radius 1 is 1.29 bits per heavy atom. The highest BCUT2D eigenvalue weighted by atomic mass is 79.9. The van der Waals surface area contributed by atoms with Crippen LogP contribution in [0.5, 0.6) is 5.75 Å². The number of hydrogen-bond acceptors (Lipinski definition) is 2. The Balaban J connectivity index is 2.12. The molecule has 1 aliphatic rings. The molecule has 1 unspecified atom stereocenters. The van der Waals surface area contributed by atoms with Crippen molar-refractivity contribution in [2.45, 2.75) is 38.2 Å². The lowest BCUT2D eigenvalue weighted by molar-refractivity contribution is 0.0847. The summed E-state index contributed by atoms with van der Waals surface area (Å²) in [6.07, 6.45) is 5.76. The quantitative estimate of drug-likeness (QED) is 0.911. The molecule has 17 heavy (non-hydrogen) atoms. The third-order valence-electron chi connectivity index (χ3n) is 3.61. The van der Waals surface area contributed by atoms with Crippen molar-refractivity contribution in [3.05, 3.63) is 28.2 Å². The Hall–Kier alpha value is -0.540. The van der Waals surface area contributed by atoms with Crippen LogP contribution in [0.25, 0.3) is 0 Å². The van der Waals surface area contributed by atoms with Gasteiger partial charge < -0.3 is 9.84 Å². The minimum atomic E-state index is -0.336. The van der Waals surface area contributed by atoms with Crippen LogP contribution in [-0.2, 0) is 0 Å². The molecule has 1 aliphatic carbocycles. The maximum Gasteiger partial charge on any atom is 0.133 e. The van der Waals surface area contributed by atoms with E-state index in [4.69, 9.17) is 4.74 Å². The molecule has 0 bridgehead atoms. The van der Waals surface area contributed by atoms with E-state index in [1.165, 1.54) is 19.3 Å². The molecule has 0 aliphatic heterocycles. The van der Waals surface area contributed by atoms with E-state index in [1.54, 1.807) is 7.11 Å². The number of hydrogen-bond donors (Lipinski definition) is 1. The van der Waals surface area contributed by atoms with Crippen molar-refractivity contribution in [1.82, 2.24) is 0 Å². The average Bonchev–Trinajstić information content (AvgIpc) is 2.39. The number of rotatable bonds is 3. The average molecular weight is 299 g/mol. The van der Waals surface area contributed by atoms with Gasteiger partial charge in [-0.25, -0.2) is 0 Å². The summed E-state index contributed by atoms with van der Waals surface area (Å²) in [5.74, 6) is 1.23. The Labute approximate surface area is 111 Å². The molecule has 0 amide bonds. The van der Waals surface area contributed by atoms with Crippen LogP contribution < -0.4 is 4.74 Å². The molecule has 94 valence electrons. The summed E-state index contributed by atoms with van der Waals surface area (Å²) in [6.45, 7) is 0. The molecule has 0 saturated heterocycles. The molecule has 2 rings (SSSR count). The zero-order valence-electron chi connectivity index (χ0n) is 10.2. The minimum Gasteiger partial charge on any atom is -0.496 e. The number of halogens is 1. The topological polar surface area (TPSA) is 29.5 Å². The van der Waals surface area contributed by atoms with Crippen molar-refractivity contribution in [3.63, 3.8) is 0 Å². The molecule has 1 saturated carbocycles. The number of aliphatic hydroxyl groups excluding tert-OH is 1. The van der Waals surface area contributed by atoms with Crippen molar-refractivity contribution in [2.75, 3.05) is 7.11 Å². The number of benzene rings is 1. The van der Waals surface area contributed by atoms with Crippen LogP contribution in [0, 0.1) is 5.92 Å². The monoisotopic (exact) mass is 298 g/mol. The molecule has 1 atom stereocenters. The molecule has 2 nitrogen and oxygen atoms in total. The normalized spacial score (nSPS) is 19.0. The Kier molecular flexibility index (Phi) is 4.46. The first kappa shape index (κ1) is 12.9. The van der Waals surface area contributed by atoms with Gasteiger partial charge in [0.15, 0.2) is 0 Å². The maximum absolute atomic E-state index is 10.4. The first-order chi connectivity index (χ1) is 8.22. The molecular formula is C14H19BrO2. The van der Waals surface area contributed by atoms with Crippen molar-refractivity contribution in [2.24, 2.45) is 5.92 Å². The molecule has 0 radical (unpaired) electrons. The van der Waals surface area contributed by atoms with Gasteiger partial charge in [-0.05, 0) is 52.4 Å². The lowest BCUT2D eigenvalue weighted by Gasteiger charge is -2.27. The second-order valence-corrected chi connectivity index (χ2v) is 5.59. The van der Waals surface area contributed by atoms with E-state index in [0.29, 0.717) is 5.92 Å². The van der Waals surface area contributed by atoms with Gasteiger partial charge in [-0.1, -0.05) is 25.3 Å². The van der Waals surface area contributed by atoms with E-state index >= 15 is 0 Å². The van der Waals surface area contributed by atoms with Crippen LogP contribution in [0.4, 0.5) is 0 Å². The van der Waals surface area contributed by atoms with Gasteiger partial charge in [-0.2, -0.15) is 0 Å². The summed E-state index contributed by atoms with van der Waals surface area (Å²) in [7, 11) is 1.65. The summed E-state index contributed by atoms with van der Waals surface area (Å²) in [6, 6.07) is 5.84. The molecule has 3 heteroatoms. The summed E-state index contributed by atoms with van der Waals surface area (Å²) < 4.78 is 6.11. The van der Waals surface area contributed by atoms with E-state index in [1.807, 2.05) is 18.2 Å². The van der Waals surface area contributed by atoms with Crippen LogP contribution in [0.3, 0.4) is 0 Å². The summed E-state index contributed by atoms with van der Waals surface area (Å²) in [5, 5.41) is 10.4. The predicted octanol–water partition coefficient (Wildman–Crippen LogP) is 4.07. The second-order valence-electron chi connectivity index (χ2n) is 4.74. The van der Waals surface area contributed by atoms with Gasteiger partial charge in [-0.15, -0.1) is 0 Å². The molecule has 1 aromatic rings. The van der Waals surface area contributed by atoms with Gasteiger partial charge in [0, 0.05) is 0 Å². The van der Waals surface area contributed by atoms with Crippen LogP contribution in [0.1, 0.15) is 43.8 Å². The van der Waals surface area contributed by atoms with Crippen LogP contribution >= 0.6 is 15.9 Å². The Bertz CT molecular complexity index is 372. The summed E-state index contributed by atoms with van der Waals surface area (Å²) in [5.41, 5.74) is 0.990. The smallest absolute Gasteiger partial charge is 0.133 e. The van der Waals surface area contributed by atoms with E-state index in [0.717, 1.165) is 28.6 Å². The first-order valence-corrected chi connectivity index (χ1v) is 7.03. The lowest BCUT2D eigenvalue weighted by Crippen LogP contribution is -2.15. The van der Waals surface area contributed by atoms with Gasteiger partial charge in [-0.3, -0.25) is 0 Å². The van der Waals surface area contributed by atoms with E-state index in [2.05, 4.69) is 15.9 Å². The molecule has 1 fully saturated rings. The lowest BCUT2D eigenvalue weighted by atomic mass is 9.83. The zero-order valence-corrected chi connectivity index (χ0v) is 11.7. The molecular weight excluding hydrogens is 280 g/mol. The van der Waals surface area contributed by atoms with Crippen molar-refractivity contribution >= 4 is 15.9 Å². The van der Waals surface area contributed by atoms with Gasteiger partial charge >= 0.3 is 0 Å². The largest absolute Gasteiger partial charge is 0.496 e. The zero-order chi connectivity index (χ0) is 12.3. The molecule has 0 spiro atoms. The van der Waals surface area contributed by atoms with Crippen molar-refractivity contribution in [3.8, 4) is 5.75 Å². The van der Waals surface area contributed by atoms with Crippen LogP contribution in [0.15, 0.2) is 22.7 Å². The number of ether oxygens (including phenoxy) is 1. The Morgan fingerprint density at radius 2 is 2.00 bits per heavy atom. The third kappa shape index (κ3) is 3.02. The highest BCUT2D eigenvalue weighted by Gasteiger charge is 2.23. The number of aliphatic hydroxyl groups is 1. The molecule has 0 heterocycles. The van der Waals surface area contributed by atoms with Crippen molar-refractivity contribution < 1.29 is 9.84 Å². The fourth-order valence-electron chi connectivity index (χ4n) is 2.59. The highest BCUT2D eigenvalue weighted by Crippen LogP contribution is 2.36. The van der Waals surface area contributed by atoms with Gasteiger partial charge in [0.1, 0.15) is 5.75 Å². The summed E-state index contributed by atoms with van der Waals surface area (Å²) >= 11 is 3.46. The SMILES string of the molecule is COc1ccc(C(O)C2CCCCC2)cc1Br. The second kappa shape index (κ2) is 5.87. The summed E-state index contributed by atoms with van der Waals surface area (Å²) in [4.78, 5) is 0. The predicted molar refractivity (Wildman–Crippen MR) is 72.2 cm³/mol. The Morgan fingerprint density at radius 3 is 2.59 bits per heavy atom. The van der Waals surface area contributed by atoms with Gasteiger partial charge in [0.05, 0.1) is 17.7 Å². The van der Waals surface area contributed by atoms with E-state index in [-0.39, 0.29) is 6.10 Å². The van der Waals surface area contributed by atoms with Crippen LogP contribution in [0.2, 0.25) is 0 Å². The fourth-order valence-corrected chi connectivity index (χ4v) is 3.15. The standard InChI is InChI=1S/C14H19BrO2/c1-17-13-8-7-11(9-12(13)15)14(16)10-5-3-2-4-6-10/h7-10,14,16H,2-6H2,1H3. The highest BCUT2D eigenvalue weighted by molar-refractivity contribution is 9.10. The first-order valence-electron chi connectivity index (χ1n) is 6.24. The minimum absolute atomic E-state index is 0.336. The third-order valence-corrected chi connectivity index (χ3v) is 4.23. The molecule has 1 N–H and O–H groups in total. The van der Waals surface area contributed by atoms with Crippen molar-refractivity contribution in [1.29, 1.82) is 0 Å². The van der Waals surface area contributed by atoms with Crippen LogP contribution in [-0.4, -0.2) is 12.2 Å². The van der Waals surface area contributed by atoms with E-state index in [9.17, 15) is 5.11 Å². The number of methoxy groups -OCH3 is 1. The fraction of sp³-hybridized carbons (Fsp3) is 0.571.